The van der Waals surface area contributed by atoms with E-state index in [2.05, 4.69) is 4.98 Å². The summed E-state index contributed by atoms with van der Waals surface area (Å²) in [5.74, 6) is -1.92. The van der Waals surface area contributed by atoms with Gasteiger partial charge in [0, 0.05) is 18.0 Å². The van der Waals surface area contributed by atoms with Crippen LogP contribution in [0, 0.1) is 11.8 Å². The van der Waals surface area contributed by atoms with Crippen molar-refractivity contribution in [3.05, 3.63) is 30.1 Å². The first-order valence-electron chi connectivity index (χ1n) is 5.77. The van der Waals surface area contributed by atoms with Gasteiger partial charge in [0.15, 0.2) is 0 Å². The summed E-state index contributed by atoms with van der Waals surface area (Å²) < 4.78 is 0. The maximum atomic E-state index is 11.3. The molecule has 0 aliphatic carbocycles. The molecule has 0 aliphatic rings. The Labute approximate surface area is 107 Å². The molecule has 5 heteroatoms. The van der Waals surface area contributed by atoms with Crippen LogP contribution < -0.4 is 6.15 Å². The summed E-state index contributed by atoms with van der Waals surface area (Å²) in [6.07, 6.45) is 3.81. The first-order chi connectivity index (χ1) is 7.91. The van der Waals surface area contributed by atoms with Gasteiger partial charge in [-0.25, -0.2) is 0 Å². The number of carboxylic acid groups (broad SMARTS) is 1. The molecular formula is C13H22N2O3. The molecule has 1 aromatic heterocycles. The highest BCUT2D eigenvalue weighted by Crippen LogP contribution is 2.35. The molecule has 0 saturated carbocycles. The Morgan fingerprint density at radius 1 is 1.56 bits per heavy atom. The predicted octanol–water partition coefficient (Wildman–Crippen LogP) is 2.20. The highest BCUT2D eigenvalue weighted by molar-refractivity contribution is 5.72. The Balaban J connectivity index is 0.00000289. The van der Waals surface area contributed by atoms with Gasteiger partial charge < -0.3 is 16.4 Å². The van der Waals surface area contributed by atoms with Crippen LogP contribution in [0.2, 0.25) is 0 Å². The fourth-order valence-electron chi connectivity index (χ4n) is 2.12. The van der Waals surface area contributed by atoms with Crippen molar-refractivity contribution in [3.63, 3.8) is 0 Å². The molecule has 1 heterocycles. The van der Waals surface area contributed by atoms with Crippen molar-refractivity contribution in [1.29, 1.82) is 0 Å². The molecular weight excluding hydrogens is 232 g/mol. The number of pyridine rings is 1. The van der Waals surface area contributed by atoms with Crippen LogP contribution in [0.1, 0.15) is 32.8 Å². The van der Waals surface area contributed by atoms with E-state index in [1.54, 1.807) is 18.3 Å². The molecule has 102 valence electrons. The standard InChI is InChI=1S/C13H19NO3.H3N/c1-4-9(2)11(12(15)16)13(3,17)10-6-5-7-14-8-10;/h5-9,11,17H,4H2,1-3H3,(H,15,16);1H3. The number of carbonyl (C=O) groups is 1. The van der Waals surface area contributed by atoms with Gasteiger partial charge in [-0.15, -0.1) is 0 Å². The van der Waals surface area contributed by atoms with E-state index in [1.807, 2.05) is 13.8 Å². The number of nitrogens with zero attached hydrogens (tertiary/aromatic N) is 1. The van der Waals surface area contributed by atoms with E-state index in [0.717, 1.165) is 0 Å². The van der Waals surface area contributed by atoms with E-state index >= 15 is 0 Å². The number of aliphatic hydroxyl groups is 1. The SMILES string of the molecule is CCC(C)C(C(=O)O)C(C)(O)c1cccnc1.N. The van der Waals surface area contributed by atoms with Crippen LogP contribution in [0.4, 0.5) is 0 Å². The molecule has 0 bridgehead atoms. The highest BCUT2D eigenvalue weighted by atomic mass is 16.4. The van der Waals surface area contributed by atoms with Crippen molar-refractivity contribution in [2.24, 2.45) is 11.8 Å². The second-order valence-corrected chi connectivity index (χ2v) is 4.59. The molecule has 3 atom stereocenters. The summed E-state index contributed by atoms with van der Waals surface area (Å²) in [6, 6.07) is 3.39. The second-order valence-electron chi connectivity index (χ2n) is 4.59. The van der Waals surface area contributed by atoms with E-state index in [1.165, 1.54) is 13.1 Å². The van der Waals surface area contributed by atoms with Crippen molar-refractivity contribution in [2.45, 2.75) is 32.8 Å². The highest BCUT2D eigenvalue weighted by Gasteiger charge is 2.42. The lowest BCUT2D eigenvalue weighted by Crippen LogP contribution is -2.41. The largest absolute Gasteiger partial charge is 0.481 e. The average Bonchev–Trinajstić information content (AvgIpc) is 2.29. The second kappa shape index (κ2) is 6.47. The van der Waals surface area contributed by atoms with Crippen LogP contribution in [-0.2, 0) is 10.4 Å². The van der Waals surface area contributed by atoms with Crippen molar-refractivity contribution < 1.29 is 15.0 Å². The van der Waals surface area contributed by atoms with E-state index in [4.69, 9.17) is 0 Å². The molecule has 0 saturated heterocycles. The topological polar surface area (TPSA) is 105 Å². The first kappa shape index (κ1) is 16.5. The molecule has 5 nitrogen and oxygen atoms in total. The third kappa shape index (κ3) is 3.27. The van der Waals surface area contributed by atoms with Gasteiger partial charge in [0.1, 0.15) is 5.60 Å². The average molecular weight is 254 g/mol. The molecule has 0 radical (unpaired) electrons. The van der Waals surface area contributed by atoms with Gasteiger partial charge in [-0.3, -0.25) is 9.78 Å². The number of rotatable bonds is 5. The minimum Gasteiger partial charge on any atom is -0.481 e. The van der Waals surface area contributed by atoms with Crippen molar-refractivity contribution in [3.8, 4) is 0 Å². The molecule has 5 N–H and O–H groups in total. The lowest BCUT2D eigenvalue weighted by Gasteiger charge is -2.33. The Morgan fingerprint density at radius 2 is 2.17 bits per heavy atom. The monoisotopic (exact) mass is 254 g/mol. The Kier molecular flexibility index (Phi) is 5.94. The summed E-state index contributed by atoms with van der Waals surface area (Å²) in [5, 5.41) is 19.8. The van der Waals surface area contributed by atoms with Crippen LogP contribution in [0.25, 0.3) is 0 Å². The van der Waals surface area contributed by atoms with Gasteiger partial charge in [0.05, 0.1) is 5.92 Å². The number of aliphatic carboxylic acids is 1. The van der Waals surface area contributed by atoms with Crippen LogP contribution >= 0.6 is 0 Å². The Morgan fingerprint density at radius 3 is 2.56 bits per heavy atom. The number of carboxylic acids is 1. The molecule has 18 heavy (non-hydrogen) atoms. The molecule has 0 fully saturated rings. The normalized spacial score (nSPS) is 17.1. The summed E-state index contributed by atoms with van der Waals surface area (Å²) in [6.45, 7) is 5.29. The Hall–Kier alpha value is -1.46. The summed E-state index contributed by atoms with van der Waals surface area (Å²) in [5.41, 5.74) is -0.872. The molecule has 0 aromatic carbocycles. The Bertz CT molecular complexity index is 379. The maximum absolute atomic E-state index is 11.3. The van der Waals surface area contributed by atoms with Crippen LogP contribution in [0.3, 0.4) is 0 Å². The summed E-state index contributed by atoms with van der Waals surface area (Å²) in [4.78, 5) is 15.3. The molecule has 3 unspecified atom stereocenters. The van der Waals surface area contributed by atoms with Crippen molar-refractivity contribution in [2.75, 3.05) is 0 Å². The number of aromatic nitrogens is 1. The van der Waals surface area contributed by atoms with Crippen molar-refractivity contribution in [1.82, 2.24) is 11.1 Å². The number of hydrogen-bond donors (Lipinski definition) is 3. The van der Waals surface area contributed by atoms with Gasteiger partial charge in [-0.2, -0.15) is 0 Å². The fourth-order valence-corrected chi connectivity index (χ4v) is 2.12. The third-order valence-electron chi connectivity index (χ3n) is 3.33. The molecule has 0 aliphatic heterocycles. The minimum absolute atomic E-state index is 0. The minimum atomic E-state index is -1.41. The van der Waals surface area contributed by atoms with Gasteiger partial charge >= 0.3 is 5.97 Å². The van der Waals surface area contributed by atoms with E-state index in [0.29, 0.717) is 12.0 Å². The van der Waals surface area contributed by atoms with Crippen LogP contribution in [0.5, 0.6) is 0 Å². The summed E-state index contributed by atoms with van der Waals surface area (Å²) in [7, 11) is 0. The third-order valence-corrected chi connectivity index (χ3v) is 3.33. The first-order valence-corrected chi connectivity index (χ1v) is 5.77. The lowest BCUT2D eigenvalue weighted by molar-refractivity contribution is -0.155. The van der Waals surface area contributed by atoms with Crippen molar-refractivity contribution >= 4 is 5.97 Å². The van der Waals surface area contributed by atoms with Gasteiger partial charge in [0.25, 0.3) is 0 Å². The zero-order chi connectivity index (χ0) is 13.1. The molecule has 1 rings (SSSR count). The number of hydrogen-bond acceptors (Lipinski definition) is 4. The predicted molar refractivity (Wildman–Crippen MR) is 69.4 cm³/mol. The zero-order valence-corrected chi connectivity index (χ0v) is 11.1. The quantitative estimate of drug-likeness (QED) is 0.747. The van der Waals surface area contributed by atoms with Gasteiger partial charge in [-0.1, -0.05) is 26.3 Å². The fraction of sp³-hybridized carbons (Fsp3) is 0.538. The van der Waals surface area contributed by atoms with E-state index < -0.39 is 17.5 Å². The summed E-state index contributed by atoms with van der Waals surface area (Å²) >= 11 is 0. The molecule has 0 amide bonds. The van der Waals surface area contributed by atoms with Gasteiger partial charge in [0.2, 0.25) is 0 Å². The molecule has 0 spiro atoms. The maximum Gasteiger partial charge on any atom is 0.310 e. The van der Waals surface area contributed by atoms with Crippen LogP contribution in [0.15, 0.2) is 24.5 Å². The molecule has 1 aromatic rings. The van der Waals surface area contributed by atoms with Gasteiger partial charge in [-0.05, 0) is 18.9 Å². The lowest BCUT2D eigenvalue weighted by atomic mass is 9.75. The van der Waals surface area contributed by atoms with Crippen LogP contribution in [-0.4, -0.2) is 21.2 Å². The van der Waals surface area contributed by atoms with E-state index in [9.17, 15) is 15.0 Å². The zero-order valence-electron chi connectivity index (χ0n) is 11.1. The van der Waals surface area contributed by atoms with E-state index in [-0.39, 0.29) is 12.1 Å². The smallest absolute Gasteiger partial charge is 0.310 e.